The van der Waals surface area contributed by atoms with Crippen LogP contribution in [0, 0.1) is 5.92 Å². The van der Waals surface area contributed by atoms with Gasteiger partial charge in [-0.2, -0.15) is 0 Å². The highest BCUT2D eigenvalue weighted by Crippen LogP contribution is 2.12. The zero-order valence-corrected chi connectivity index (χ0v) is 8.49. The first-order valence-corrected chi connectivity index (χ1v) is 5.13. The van der Waals surface area contributed by atoms with Crippen molar-refractivity contribution >= 4 is 12.3 Å². The summed E-state index contributed by atoms with van der Waals surface area (Å²) in [4.78, 5) is 21.8. The first kappa shape index (κ1) is 11.2. The van der Waals surface area contributed by atoms with Gasteiger partial charge in [0.25, 0.3) is 0 Å². The van der Waals surface area contributed by atoms with Gasteiger partial charge in [-0.25, -0.2) is 0 Å². The first-order valence-electron chi connectivity index (χ1n) is 5.13. The Bertz CT molecular complexity index is 206. The first-order chi connectivity index (χ1) is 6.77. The highest BCUT2D eigenvalue weighted by atomic mass is 16.5. The molecule has 0 aromatic carbocycles. The summed E-state index contributed by atoms with van der Waals surface area (Å²) in [5.74, 6) is -0.249. The van der Waals surface area contributed by atoms with E-state index in [1.807, 2.05) is 6.92 Å². The highest BCUT2D eigenvalue weighted by molar-refractivity contribution is 5.77. The maximum atomic E-state index is 11.4. The number of rotatable bonds is 5. The second-order valence-electron chi connectivity index (χ2n) is 3.61. The molecule has 1 aliphatic rings. The largest absolute Gasteiger partial charge is 0.465 e. The molecule has 4 heteroatoms. The summed E-state index contributed by atoms with van der Waals surface area (Å²) in [5.41, 5.74) is 0. The van der Waals surface area contributed by atoms with Crippen LogP contribution in [0.25, 0.3) is 0 Å². The lowest BCUT2D eigenvalue weighted by Crippen LogP contribution is -2.32. The molecule has 1 fully saturated rings. The van der Waals surface area contributed by atoms with Crippen molar-refractivity contribution in [3.05, 3.63) is 0 Å². The van der Waals surface area contributed by atoms with E-state index >= 15 is 0 Å². The molecule has 2 atom stereocenters. The summed E-state index contributed by atoms with van der Waals surface area (Å²) in [5, 5.41) is 2.98. The van der Waals surface area contributed by atoms with Gasteiger partial charge >= 0.3 is 5.97 Å². The topological polar surface area (TPSA) is 55.4 Å². The smallest absolute Gasteiger partial charge is 0.323 e. The van der Waals surface area contributed by atoms with Crippen LogP contribution in [-0.2, 0) is 14.3 Å². The van der Waals surface area contributed by atoms with Crippen LogP contribution in [0.3, 0.4) is 0 Å². The van der Waals surface area contributed by atoms with Crippen LogP contribution in [0.2, 0.25) is 0 Å². The molecule has 1 rings (SSSR count). The minimum absolute atomic E-state index is 0.0290. The predicted octanol–water partition coefficient (Wildman–Crippen LogP) is 0.507. The number of carbonyl (C=O) groups is 2. The molecule has 0 spiro atoms. The van der Waals surface area contributed by atoms with Gasteiger partial charge in [-0.1, -0.05) is 13.3 Å². The molecule has 0 bridgehead atoms. The Labute approximate surface area is 84.0 Å². The second-order valence-corrected chi connectivity index (χ2v) is 3.61. The van der Waals surface area contributed by atoms with Crippen LogP contribution < -0.4 is 5.32 Å². The quantitative estimate of drug-likeness (QED) is 0.398. The third kappa shape index (κ3) is 3.10. The van der Waals surface area contributed by atoms with Gasteiger partial charge in [0.05, 0.1) is 6.61 Å². The zero-order chi connectivity index (χ0) is 10.4. The summed E-state index contributed by atoms with van der Waals surface area (Å²) in [6.07, 6.45) is 3.39. The molecule has 0 saturated carbocycles. The van der Waals surface area contributed by atoms with E-state index in [9.17, 15) is 9.59 Å². The van der Waals surface area contributed by atoms with Crippen LogP contribution in [0.4, 0.5) is 0 Å². The molecule has 0 aromatic rings. The van der Waals surface area contributed by atoms with Gasteiger partial charge < -0.3 is 14.8 Å². The lowest BCUT2D eigenvalue weighted by atomic mass is 10.1. The van der Waals surface area contributed by atoms with Gasteiger partial charge in [0.15, 0.2) is 0 Å². The van der Waals surface area contributed by atoms with Crippen molar-refractivity contribution in [2.75, 3.05) is 13.2 Å². The Balaban J connectivity index is 2.21. The van der Waals surface area contributed by atoms with Crippen LogP contribution >= 0.6 is 0 Å². The van der Waals surface area contributed by atoms with Crippen molar-refractivity contribution in [1.82, 2.24) is 5.32 Å². The average molecular weight is 199 g/mol. The molecule has 2 unspecified atom stereocenters. The van der Waals surface area contributed by atoms with Crippen LogP contribution in [0.15, 0.2) is 0 Å². The molecule has 80 valence electrons. The predicted molar refractivity (Wildman–Crippen MR) is 51.8 cm³/mol. The third-order valence-corrected chi connectivity index (χ3v) is 2.38. The monoisotopic (exact) mass is 199 g/mol. The summed E-state index contributed by atoms with van der Waals surface area (Å²) in [6.45, 7) is 3.13. The second kappa shape index (κ2) is 5.75. The van der Waals surface area contributed by atoms with Crippen molar-refractivity contribution in [2.45, 2.75) is 32.2 Å². The lowest BCUT2D eigenvalue weighted by Gasteiger charge is -2.09. The lowest BCUT2D eigenvalue weighted by molar-refractivity contribution is -0.145. The summed E-state index contributed by atoms with van der Waals surface area (Å²) < 4.78 is 5.04. The van der Waals surface area contributed by atoms with Crippen molar-refractivity contribution < 1.29 is 14.3 Å². The molecule has 0 amide bonds. The fourth-order valence-electron chi connectivity index (χ4n) is 1.46. The van der Waals surface area contributed by atoms with Crippen LogP contribution in [0.1, 0.15) is 26.2 Å². The van der Waals surface area contributed by atoms with Gasteiger partial charge in [0.2, 0.25) is 0 Å². The van der Waals surface area contributed by atoms with Gasteiger partial charge in [-0.3, -0.25) is 4.79 Å². The molecule has 1 aliphatic heterocycles. The number of carbonyl (C=O) groups excluding carboxylic acids is 2. The van der Waals surface area contributed by atoms with Crippen LogP contribution in [-0.4, -0.2) is 31.4 Å². The Kier molecular flexibility index (Phi) is 4.59. The van der Waals surface area contributed by atoms with Gasteiger partial charge in [-0.05, 0) is 12.8 Å². The van der Waals surface area contributed by atoms with Crippen molar-refractivity contribution in [3.8, 4) is 0 Å². The molecular formula is C10H17NO3. The molecule has 4 nitrogen and oxygen atoms in total. The SMILES string of the molecule is CCCCOC(=O)C1CC(C=O)CN1. The Morgan fingerprint density at radius 2 is 2.43 bits per heavy atom. The number of nitrogens with one attached hydrogen (secondary N) is 1. The number of unbranched alkanes of at least 4 members (excludes halogenated alkanes) is 1. The Hall–Kier alpha value is -0.900. The number of ether oxygens (including phenoxy) is 1. The minimum atomic E-state index is -0.276. The van der Waals surface area contributed by atoms with Crippen molar-refractivity contribution in [3.63, 3.8) is 0 Å². The molecule has 1 N–H and O–H groups in total. The third-order valence-electron chi connectivity index (χ3n) is 2.38. The maximum absolute atomic E-state index is 11.4. The number of esters is 1. The summed E-state index contributed by atoms with van der Waals surface area (Å²) in [7, 11) is 0. The molecular weight excluding hydrogens is 182 g/mol. The molecule has 14 heavy (non-hydrogen) atoms. The summed E-state index contributed by atoms with van der Waals surface area (Å²) in [6, 6.07) is -0.276. The standard InChI is InChI=1S/C10H17NO3/c1-2-3-4-14-10(13)9-5-8(7-12)6-11-9/h7-9,11H,2-6H2,1H3. The van der Waals surface area contributed by atoms with E-state index in [2.05, 4.69) is 5.32 Å². The molecule has 1 saturated heterocycles. The maximum Gasteiger partial charge on any atom is 0.323 e. The fourth-order valence-corrected chi connectivity index (χ4v) is 1.46. The van der Waals surface area contributed by atoms with Gasteiger partial charge in [0, 0.05) is 12.5 Å². The van der Waals surface area contributed by atoms with E-state index in [1.165, 1.54) is 0 Å². The Morgan fingerprint density at radius 1 is 1.64 bits per heavy atom. The Morgan fingerprint density at radius 3 is 3.00 bits per heavy atom. The highest BCUT2D eigenvalue weighted by Gasteiger charge is 2.29. The van der Waals surface area contributed by atoms with Crippen LogP contribution in [0.5, 0.6) is 0 Å². The van der Waals surface area contributed by atoms with E-state index < -0.39 is 0 Å². The number of aldehydes is 1. The van der Waals surface area contributed by atoms with Crippen molar-refractivity contribution in [1.29, 1.82) is 0 Å². The van der Waals surface area contributed by atoms with E-state index in [1.54, 1.807) is 0 Å². The molecule has 1 heterocycles. The number of hydrogen-bond acceptors (Lipinski definition) is 4. The fraction of sp³-hybridized carbons (Fsp3) is 0.800. The molecule has 0 aromatic heterocycles. The number of hydrogen-bond donors (Lipinski definition) is 1. The average Bonchev–Trinajstić information content (AvgIpc) is 2.66. The normalized spacial score (nSPS) is 26.1. The zero-order valence-electron chi connectivity index (χ0n) is 8.49. The summed E-state index contributed by atoms with van der Waals surface area (Å²) >= 11 is 0. The van der Waals surface area contributed by atoms with Gasteiger partial charge in [0.1, 0.15) is 12.3 Å². The van der Waals surface area contributed by atoms with Gasteiger partial charge in [-0.15, -0.1) is 0 Å². The van der Waals surface area contributed by atoms with E-state index in [0.717, 1.165) is 19.1 Å². The van der Waals surface area contributed by atoms with E-state index in [-0.39, 0.29) is 17.9 Å². The molecule has 0 aliphatic carbocycles. The van der Waals surface area contributed by atoms with E-state index in [4.69, 9.17) is 4.74 Å². The van der Waals surface area contributed by atoms with Crippen molar-refractivity contribution in [2.24, 2.45) is 5.92 Å². The minimum Gasteiger partial charge on any atom is -0.465 e. The molecule has 0 radical (unpaired) electrons. The van der Waals surface area contributed by atoms with E-state index in [0.29, 0.717) is 19.6 Å².